The lowest BCUT2D eigenvalue weighted by atomic mass is 10.1. The van der Waals surface area contributed by atoms with Crippen molar-refractivity contribution in [3.8, 4) is 0 Å². The summed E-state index contributed by atoms with van der Waals surface area (Å²) in [6.45, 7) is 6.41. The van der Waals surface area contributed by atoms with Gasteiger partial charge in [-0.1, -0.05) is 35.5 Å². The molecule has 3 rings (SSSR count). The predicted octanol–water partition coefficient (Wildman–Crippen LogP) is 3.22. The largest absolute Gasteiger partial charge is 0.342 e. The van der Waals surface area contributed by atoms with Crippen LogP contribution in [-0.2, 0) is 11.3 Å². The van der Waals surface area contributed by atoms with Gasteiger partial charge in [-0.15, -0.1) is 10.2 Å². The highest BCUT2D eigenvalue weighted by Gasteiger charge is 2.20. The summed E-state index contributed by atoms with van der Waals surface area (Å²) in [6.07, 6.45) is 1.62. The number of rotatable bonds is 8. The first-order valence-electron chi connectivity index (χ1n) is 9.62. The number of pyridine rings is 1. The molecule has 0 radical (unpaired) electrons. The fourth-order valence-electron chi connectivity index (χ4n) is 2.90. The van der Waals surface area contributed by atoms with Crippen LogP contribution in [0.25, 0.3) is 0 Å². The van der Waals surface area contributed by atoms with E-state index in [1.165, 1.54) is 11.8 Å². The first kappa shape index (κ1) is 21.5. The van der Waals surface area contributed by atoms with Crippen LogP contribution in [0.4, 0.5) is 5.82 Å². The number of thioether (sulfide) groups is 1. The Morgan fingerprint density at radius 2 is 2.00 bits per heavy atom. The van der Waals surface area contributed by atoms with Crippen molar-refractivity contribution in [3.63, 3.8) is 0 Å². The standard InChI is InChI=1S/C21H24N6O2S/c1-4-27-19(15(3)23-20(29)16-9-7-8-14(2)12-16)25-26-21(27)30-13-18(28)24-17-10-5-6-11-22-17/h5-12,15H,4,13H2,1-3H3,(H,23,29)(H,22,24,28)/t15-/m0/s1. The van der Waals surface area contributed by atoms with Gasteiger partial charge in [-0.3, -0.25) is 9.59 Å². The summed E-state index contributed by atoms with van der Waals surface area (Å²) in [5, 5.41) is 14.8. The van der Waals surface area contributed by atoms with E-state index in [0.717, 1.165) is 5.56 Å². The van der Waals surface area contributed by atoms with E-state index >= 15 is 0 Å². The molecule has 2 N–H and O–H groups in total. The van der Waals surface area contributed by atoms with Crippen molar-refractivity contribution < 1.29 is 9.59 Å². The van der Waals surface area contributed by atoms with Crippen molar-refractivity contribution in [1.82, 2.24) is 25.1 Å². The first-order chi connectivity index (χ1) is 14.5. The number of amides is 2. The summed E-state index contributed by atoms with van der Waals surface area (Å²) in [6, 6.07) is 12.4. The Kier molecular flexibility index (Phi) is 7.18. The van der Waals surface area contributed by atoms with E-state index in [1.54, 1.807) is 24.4 Å². The summed E-state index contributed by atoms with van der Waals surface area (Å²) in [4.78, 5) is 28.8. The van der Waals surface area contributed by atoms with Crippen LogP contribution in [0, 0.1) is 6.92 Å². The van der Waals surface area contributed by atoms with Gasteiger partial charge in [-0.25, -0.2) is 4.98 Å². The highest BCUT2D eigenvalue weighted by Crippen LogP contribution is 2.21. The molecule has 0 saturated heterocycles. The molecule has 0 fully saturated rings. The molecular weight excluding hydrogens is 400 g/mol. The van der Waals surface area contributed by atoms with Crippen LogP contribution in [-0.4, -0.2) is 37.3 Å². The Morgan fingerprint density at radius 1 is 1.17 bits per heavy atom. The predicted molar refractivity (Wildman–Crippen MR) is 116 cm³/mol. The van der Waals surface area contributed by atoms with Crippen LogP contribution < -0.4 is 10.6 Å². The molecule has 0 bridgehead atoms. The van der Waals surface area contributed by atoms with Gasteiger partial charge >= 0.3 is 0 Å². The summed E-state index contributed by atoms with van der Waals surface area (Å²) < 4.78 is 1.90. The van der Waals surface area contributed by atoms with E-state index in [-0.39, 0.29) is 23.6 Å². The monoisotopic (exact) mass is 424 g/mol. The van der Waals surface area contributed by atoms with Crippen molar-refractivity contribution >= 4 is 29.4 Å². The number of hydrogen-bond acceptors (Lipinski definition) is 6. The van der Waals surface area contributed by atoms with Crippen LogP contribution in [0.5, 0.6) is 0 Å². The molecule has 3 aromatic rings. The minimum Gasteiger partial charge on any atom is -0.342 e. The third-order valence-corrected chi connectivity index (χ3v) is 5.31. The van der Waals surface area contributed by atoms with Gasteiger partial charge in [-0.2, -0.15) is 0 Å². The number of aromatic nitrogens is 4. The smallest absolute Gasteiger partial charge is 0.251 e. The van der Waals surface area contributed by atoms with E-state index in [0.29, 0.717) is 28.9 Å². The highest BCUT2D eigenvalue weighted by atomic mass is 32.2. The fourth-order valence-corrected chi connectivity index (χ4v) is 3.71. The Morgan fingerprint density at radius 3 is 2.70 bits per heavy atom. The number of carbonyl (C=O) groups excluding carboxylic acids is 2. The summed E-state index contributed by atoms with van der Waals surface area (Å²) in [7, 11) is 0. The lowest BCUT2D eigenvalue weighted by Crippen LogP contribution is -2.28. The minimum atomic E-state index is -0.331. The number of carbonyl (C=O) groups is 2. The molecule has 0 aliphatic rings. The SMILES string of the molecule is CCn1c(SCC(=O)Nc2ccccn2)nnc1[C@H](C)NC(=O)c1cccc(C)c1. The van der Waals surface area contributed by atoms with Gasteiger partial charge in [0.25, 0.3) is 5.91 Å². The quantitative estimate of drug-likeness (QED) is 0.539. The number of hydrogen-bond donors (Lipinski definition) is 2. The molecule has 156 valence electrons. The van der Waals surface area contributed by atoms with Gasteiger partial charge in [0, 0.05) is 18.3 Å². The first-order valence-corrected chi connectivity index (χ1v) is 10.6. The van der Waals surface area contributed by atoms with Gasteiger partial charge < -0.3 is 15.2 Å². The molecule has 2 amide bonds. The van der Waals surface area contributed by atoms with Gasteiger partial charge in [0.05, 0.1) is 11.8 Å². The van der Waals surface area contributed by atoms with Gasteiger partial charge in [0.2, 0.25) is 5.91 Å². The van der Waals surface area contributed by atoms with Crippen LogP contribution >= 0.6 is 11.8 Å². The second-order valence-corrected chi connectivity index (χ2v) is 7.64. The van der Waals surface area contributed by atoms with E-state index in [4.69, 9.17) is 0 Å². The molecule has 0 aliphatic heterocycles. The third-order valence-electron chi connectivity index (χ3n) is 4.34. The number of nitrogens with one attached hydrogen (secondary N) is 2. The average molecular weight is 425 g/mol. The molecular formula is C21H24N6O2S. The second-order valence-electron chi connectivity index (χ2n) is 6.70. The zero-order chi connectivity index (χ0) is 21.5. The molecule has 8 nitrogen and oxygen atoms in total. The minimum absolute atomic E-state index is 0.166. The van der Waals surface area contributed by atoms with E-state index < -0.39 is 0 Å². The van der Waals surface area contributed by atoms with Crippen molar-refractivity contribution in [2.75, 3.05) is 11.1 Å². The molecule has 1 aromatic carbocycles. The molecule has 0 aliphatic carbocycles. The van der Waals surface area contributed by atoms with E-state index in [9.17, 15) is 9.59 Å². The topological polar surface area (TPSA) is 102 Å². The van der Waals surface area contributed by atoms with Crippen LogP contribution in [0.3, 0.4) is 0 Å². The third kappa shape index (κ3) is 5.44. The van der Waals surface area contributed by atoms with E-state index in [2.05, 4.69) is 25.8 Å². The zero-order valence-electron chi connectivity index (χ0n) is 17.1. The highest BCUT2D eigenvalue weighted by molar-refractivity contribution is 7.99. The van der Waals surface area contributed by atoms with Gasteiger partial charge in [-0.05, 0) is 45.0 Å². The van der Waals surface area contributed by atoms with E-state index in [1.807, 2.05) is 49.6 Å². The number of aryl methyl sites for hydroxylation is 1. The maximum Gasteiger partial charge on any atom is 0.251 e. The van der Waals surface area contributed by atoms with Crippen LogP contribution in [0.2, 0.25) is 0 Å². The second kappa shape index (κ2) is 10.0. The van der Waals surface area contributed by atoms with Crippen molar-refractivity contribution in [3.05, 3.63) is 65.6 Å². The molecule has 2 heterocycles. The molecule has 2 aromatic heterocycles. The Labute approximate surface area is 179 Å². The maximum absolute atomic E-state index is 12.5. The van der Waals surface area contributed by atoms with Gasteiger partial charge in [0.1, 0.15) is 5.82 Å². The molecule has 0 spiro atoms. The number of anilines is 1. The number of benzene rings is 1. The molecule has 1 atom stereocenters. The fraction of sp³-hybridized carbons (Fsp3) is 0.286. The Hall–Kier alpha value is -3.20. The Balaban J connectivity index is 1.63. The Bertz CT molecular complexity index is 1020. The maximum atomic E-state index is 12.5. The molecule has 0 unspecified atom stereocenters. The summed E-state index contributed by atoms with van der Waals surface area (Å²) >= 11 is 1.29. The zero-order valence-corrected chi connectivity index (χ0v) is 17.9. The summed E-state index contributed by atoms with van der Waals surface area (Å²) in [5.41, 5.74) is 1.62. The summed E-state index contributed by atoms with van der Waals surface area (Å²) in [5.74, 6) is 0.991. The lowest BCUT2D eigenvalue weighted by Gasteiger charge is -2.15. The molecule has 9 heteroatoms. The average Bonchev–Trinajstić information content (AvgIpc) is 3.16. The van der Waals surface area contributed by atoms with Gasteiger partial charge in [0.15, 0.2) is 11.0 Å². The normalized spacial score (nSPS) is 11.7. The number of nitrogens with zero attached hydrogens (tertiary/aromatic N) is 4. The van der Waals surface area contributed by atoms with Crippen LogP contribution in [0.15, 0.2) is 53.8 Å². The lowest BCUT2D eigenvalue weighted by molar-refractivity contribution is -0.113. The van der Waals surface area contributed by atoms with Crippen molar-refractivity contribution in [2.45, 2.75) is 38.5 Å². The van der Waals surface area contributed by atoms with Crippen molar-refractivity contribution in [2.24, 2.45) is 0 Å². The van der Waals surface area contributed by atoms with Crippen LogP contribution in [0.1, 0.15) is 41.6 Å². The molecule has 0 saturated carbocycles. The molecule has 30 heavy (non-hydrogen) atoms. The van der Waals surface area contributed by atoms with Crippen molar-refractivity contribution in [1.29, 1.82) is 0 Å².